The van der Waals surface area contributed by atoms with Gasteiger partial charge in [-0.3, -0.25) is 9.59 Å². The van der Waals surface area contributed by atoms with Gasteiger partial charge in [-0.2, -0.15) is 0 Å². The van der Waals surface area contributed by atoms with E-state index in [4.69, 9.17) is 11.6 Å². The number of Topliss-reactive ketones (excluding diaryl/α,β-unsaturated/α-hetero) is 1. The Hall–Kier alpha value is -1.35. The fraction of sp³-hybridized carbons (Fsp3) is 0.333. The molecule has 0 saturated carbocycles. The van der Waals surface area contributed by atoms with Crippen LogP contribution in [0.2, 0.25) is 0 Å². The van der Waals surface area contributed by atoms with Crippen molar-refractivity contribution in [2.45, 2.75) is 19.4 Å². The second kappa shape index (κ2) is 6.28. The van der Waals surface area contributed by atoms with Crippen LogP contribution in [0, 0.1) is 0 Å². The summed E-state index contributed by atoms with van der Waals surface area (Å²) < 4.78 is 0. The van der Waals surface area contributed by atoms with Crippen LogP contribution in [0.1, 0.15) is 12.5 Å². The molecule has 0 bridgehead atoms. The van der Waals surface area contributed by atoms with E-state index in [0.29, 0.717) is 6.42 Å². The van der Waals surface area contributed by atoms with Crippen molar-refractivity contribution in [1.82, 2.24) is 5.32 Å². The third-order valence-corrected chi connectivity index (χ3v) is 2.47. The Bertz CT molecular complexity index is 365. The maximum atomic E-state index is 11.3. The molecule has 1 aromatic carbocycles. The third kappa shape index (κ3) is 4.03. The second-order valence-corrected chi connectivity index (χ2v) is 3.82. The van der Waals surface area contributed by atoms with Crippen LogP contribution >= 0.6 is 11.6 Å². The predicted octanol–water partition coefficient (Wildman–Crippen LogP) is 1.54. The number of amides is 1. The maximum Gasteiger partial charge on any atom is 0.235 e. The van der Waals surface area contributed by atoms with E-state index in [9.17, 15) is 9.59 Å². The van der Waals surface area contributed by atoms with Crippen molar-refractivity contribution >= 4 is 23.3 Å². The molecule has 0 aliphatic carbocycles. The minimum atomic E-state index is -0.492. The molecule has 0 aliphatic heterocycles. The minimum Gasteiger partial charge on any atom is -0.345 e. The van der Waals surface area contributed by atoms with E-state index in [0.717, 1.165) is 5.56 Å². The fourth-order valence-electron chi connectivity index (χ4n) is 1.38. The first kappa shape index (κ1) is 12.7. The molecule has 0 saturated heterocycles. The van der Waals surface area contributed by atoms with Gasteiger partial charge in [-0.15, -0.1) is 11.6 Å². The molecule has 1 rings (SSSR count). The largest absolute Gasteiger partial charge is 0.345 e. The van der Waals surface area contributed by atoms with Crippen LogP contribution in [0.4, 0.5) is 0 Å². The predicted molar refractivity (Wildman–Crippen MR) is 63.5 cm³/mol. The number of rotatable bonds is 5. The van der Waals surface area contributed by atoms with Gasteiger partial charge in [0.05, 0.1) is 6.04 Å². The minimum absolute atomic E-state index is 0.0673. The van der Waals surface area contributed by atoms with Gasteiger partial charge in [0.2, 0.25) is 5.91 Å². The number of ketones is 1. The van der Waals surface area contributed by atoms with E-state index in [1.54, 1.807) is 0 Å². The number of alkyl halides is 1. The van der Waals surface area contributed by atoms with Crippen LogP contribution < -0.4 is 5.32 Å². The van der Waals surface area contributed by atoms with Gasteiger partial charge >= 0.3 is 0 Å². The van der Waals surface area contributed by atoms with E-state index in [1.165, 1.54) is 6.92 Å². The summed E-state index contributed by atoms with van der Waals surface area (Å²) in [4.78, 5) is 22.5. The summed E-state index contributed by atoms with van der Waals surface area (Å²) in [5.74, 6) is -0.515. The molecule has 0 spiro atoms. The summed E-state index contributed by atoms with van der Waals surface area (Å²) in [7, 11) is 0. The van der Waals surface area contributed by atoms with Gasteiger partial charge in [0.1, 0.15) is 5.88 Å². The Balaban J connectivity index is 2.65. The number of hydrogen-bond acceptors (Lipinski definition) is 2. The van der Waals surface area contributed by atoms with Crippen molar-refractivity contribution in [3.63, 3.8) is 0 Å². The number of nitrogens with one attached hydrogen (secondary N) is 1. The summed E-state index contributed by atoms with van der Waals surface area (Å²) in [6.07, 6.45) is 0.499. The number of benzene rings is 1. The van der Waals surface area contributed by atoms with Gasteiger partial charge in [-0.05, 0) is 18.9 Å². The lowest BCUT2D eigenvalue weighted by molar-refractivity contribution is -0.125. The van der Waals surface area contributed by atoms with Crippen LogP contribution in [0.15, 0.2) is 30.3 Å². The first-order valence-corrected chi connectivity index (χ1v) is 5.56. The zero-order chi connectivity index (χ0) is 12.0. The fourth-order valence-corrected chi connectivity index (χ4v) is 1.46. The van der Waals surface area contributed by atoms with E-state index in [1.807, 2.05) is 30.3 Å². The highest BCUT2D eigenvalue weighted by atomic mass is 35.5. The number of halogens is 1. The lowest BCUT2D eigenvalue weighted by Crippen LogP contribution is -2.41. The van der Waals surface area contributed by atoms with Gasteiger partial charge in [-0.1, -0.05) is 30.3 Å². The smallest absolute Gasteiger partial charge is 0.235 e. The molecular formula is C12H14ClNO2. The molecule has 0 unspecified atom stereocenters. The lowest BCUT2D eigenvalue weighted by Gasteiger charge is -2.15. The summed E-state index contributed by atoms with van der Waals surface area (Å²) in [6.45, 7) is 1.46. The number of hydrogen-bond donors (Lipinski definition) is 1. The number of carbonyl (C=O) groups is 2. The lowest BCUT2D eigenvalue weighted by atomic mass is 10.0. The highest BCUT2D eigenvalue weighted by molar-refractivity contribution is 6.27. The average Bonchev–Trinajstić information content (AvgIpc) is 2.29. The van der Waals surface area contributed by atoms with Gasteiger partial charge in [-0.25, -0.2) is 0 Å². The monoisotopic (exact) mass is 239 g/mol. The molecular weight excluding hydrogens is 226 g/mol. The molecule has 0 aliphatic rings. The second-order valence-electron chi connectivity index (χ2n) is 3.55. The van der Waals surface area contributed by atoms with E-state index in [-0.39, 0.29) is 17.6 Å². The van der Waals surface area contributed by atoms with Crippen molar-refractivity contribution in [3.8, 4) is 0 Å². The molecule has 4 heteroatoms. The summed E-state index contributed by atoms with van der Waals surface area (Å²) >= 11 is 5.38. The molecule has 0 heterocycles. The quantitative estimate of drug-likeness (QED) is 0.793. The molecule has 1 aromatic rings. The topological polar surface area (TPSA) is 46.2 Å². The molecule has 86 valence electrons. The van der Waals surface area contributed by atoms with Crippen molar-refractivity contribution in [2.24, 2.45) is 0 Å². The van der Waals surface area contributed by atoms with Crippen LogP contribution in [0.25, 0.3) is 0 Å². The molecule has 0 radical (unpaired) electrons. The van der Waals surface area contributed by atoms with Gasteiger partial charge < -0.3 is 5.32 Å². The summed E-state index contributed by atoms with van der Waals surface area (Å²) in [6, 6.07) is 9.05. The molecule has 0 fully saturated rings. The first-order valence-electron chi connectivity index (χ1n) is 5.03. The molecule has 1 N–H and O–H groups in total. The van der Waals surface area contributed by atoms with Crippen LogP contribution in [0.5, 0.6) is 0 Å². The molecule has 0 aromatic heterocycles. The first-order chi connectivity index (χ1) is 7.63. The summed E-state index contributed by atoms with van der Waals surface area (Å²) in [5.41, 5.74) is 1.01. The molecule has 3 nitrogen and oxygen atoms in total. The third-order valence-electron chi connectivity index (χ3n) is 2.23. The van der Waals surface area contributed by atoms with Crippen molar-refractivity contribution in [2.75, 3.05) is 5.88 Å². The van der Waals surface area contributed by atoms with Crippen LogP contribution in [-0.2, 0) is 16.0 Å². The average molecular weight is 240 g/mol. The van der Waals surface area contributed by atoms with Crippen molar-refractivity contribution in [3.05, 3.63) is 35.9 Å². The summed E-state index contributed by atoms with van der Waals surface area (Å²) in [5, 5.41) is 2.59. The SMILES string of the molecule is CC(=O)[C@@H](Cc1ccccc1)NC(=O)CCl. The van der Waals surface area contributed by atoms with Crippen LogP contribution in [-0.4, -0.2) is 23.6 Å². The molecule has 1 atom stereocenters. The van der Waals surface area contributed by atoms with Gasteiger partial charge in [0.15, 0.2) is 5.78 Å². The Morgan fingerprint density at radius 3 is 2.44 bits per heavy atom. The zero-order valence-corrected chi connectivity index (χ0v) is 9.83. The Morgan fingerprint density at radius 2 is 1.94 bits per heavy atom. The van der Waals surface area contributed by atoms with E-state index >= 15 is 0 Å². The normalized spacial score (nSPS) is 11.9. The van der Waals surface area contributed by atoms with Gasteiger partial charge in [0, 0.05) is 0 Å². The highest BCUT2D eigenvalue weighted by Gasteiger charge is 2.16. The van der Waals surface area contributed by atoms with Crippen LogP contribution in [0.3, 0.4) is 0 Å². The molecule has 16 heavy (non-hydrogen) atoms. The van der Waals surface area contributed by atoms with E-state index < -0.39 is 6.04 Å². The number of carbonyl (C=O) groups excluding carboxylic acids is 2. The molecule has 1 amide bonds. The Labute approximate surface area is 99.8 Å². The zero-order valence-electron chi connectivity index (χ0n) is 9.07. The standard InChI is InChI=1S/C12H14ClNO2/c1-9(15)11(14-12(16)8-13)7-10-5-3-2-4-6-10/h2-6,11H,7-8H2,1H3,(H,14,16)/t11-/m1/s1. The Kier molecular flexibility index (Phi) is 4.99. The van der Waals surface area contributed by atoms with Gasteiger partial charge in [0.25, 0.3) is 0 Å². The van der Waals surface area contributed by atoms with Crippen molar-refractivity contribution < 1.29 is 9.59 Å². The highest BCUT2D eigenvalue weighted by Crippen LogP contribution is 2.04. The van der Waals surface area contributed by atoms with E-state index in [2.05, 4.69) is 5.32 Å². The Morgan fingerprint density at radius 1 is 1.31 bits per heavy atom. The maximum absolute atomic E-state index is 11.3. The van der Waals surface area contributed by atoms with Crippen molar-refractivity contribution in [1.29, 1.82) is 0 Å².